The predicted molar refractivity (Wildman–Crippen MR) is 66.7 cm³/mol. The molecule has 0 rings (SSSR count). The van der Waals surface area contributed by atoms with Gasteiger partial charge in [0, 0.05) is 20.5 Å². The van der Waals surface area contributed by atoms with Crippen molar-refractivity contribution in [2.75, 3.05) is 20.7 Å². The number of hydrogen-bond acceptors (Lipinski definition) is 4. The minimum absolute atomic E-state index is 0.0121. The summed E-state index contributed by atoms with van der Waals surface area (Å²) in [6.07, 6.45) is 0.142. The number of nitrogens with one attached hydrogen (secondary N) is 1. The lowest BCUT2D eigenvalue weighted by Crippen LogP contribution is -2.50. The van der Waals surface area contributed by atoms with Gasteiger partial charge in [0.15, 0.2) is 0 Å². The first-order valence-corrected chi connectivity index (χ1v) is 5.88. The highest BCUT2D eigenvalue weighted by Gasteiger charge is 2.26. The molecular weight excluding hydrogens is 236 g/mol. The van der Waals surface area contributed by atoms with Crippen LogP contribution in [0.5, 0.6) is 0 Å². The Morgan fingerprint density at radius 3 is 2.22 bits per heavy atom. The van der Waals surface area contributed by atoms with E-state index in [1.54, 1.807) is 7.05 Å². The van der Waals surface area contributed by atoms with Crippen LogP contribution in [0, 0.1) is 5.92 Å². The summed E-state index contributed by atoms with van der Waals surface area (Å²) in [5, 5.41) is 2.62. The molecule has 0 saturated carbocycles. The summed E-state index contributed by atoms with van der Waals surface area (Å²) in [6.45, 7) is 5.35. The van der Waals surface area contributed by atoms with E-state index in [9.17, 15) is 14.4 Å². The average molecular weight is 258 g/mol. The van der Waals surface area contributed by atoms with Gasteiger partial charge in [-0.2, -0.15) is 0 Å². The zero-order chi connectivity index (χ0) is 14.3. The Morgan fingerprint density at radius 2 is 1.83 bits per heavy atom. The van der Waals surface area contributed by atoms with Crippen LogP contribution in [0.2, 0.25) is 0 Å². The number of nitrogens with zero attached hydrogens (tertiary/aromatic N) is 1. The summed E-state index contributed by atoms with van der Waals surface area (Å²) < 4.78 is 4.51. The first-order chi connectivity index (χ1) is 8.29. The van der Waals surface area contributed by atoms with Crippen molar-refractivity contribution in [3.05, 3.63) is 0 Å². The van der Waals surface area contributed by atoms with Gasteiger partial charge in [-0.15, -0.1) is 0 Å². The fourth-order valence-electron chi connectivity index (χ4n) is 1.44. The normalized spacial score (nSPS) is 11.9. The number of likely N-dealkylation sites (N-methyl/N-ethyl adjacent to an activating group) is 1. The molecule has 0 radical (unpaired) electrons. The second-order valence-corrected chi connectivity index (χ2v) is 4.51. The number of esters is 1. The summed E-state index contributed by atoms with van der Waals surface area (Å²) >= 11 is 0. The van der Waals surface area contributed by atoms with Gasteiger partial charge in [0.05, 0.1) is 13.5 Å². The lowest BCUT2D eigenvalue weighted by Gasteiger charge is -2.26. The molecule has 1 atom stereocenters. The van der Waals surface area contributed by atoms with Gasteiger partial charge in [-0.05, 0) is 5.92 Å². The van der Waals surface area contributed by atoms with E-state index < -0.39 is 6.04 Å². The van der Waals surface area contributed by atoms with Crippen LogP contribution in [0.15, 0.2) is 0 Å². The third-order valence-corrected chi connectivity index (χ3v) is 2.55. The number of rotatable bonds is 6. The Bertz CT molecular complexity index is 315. The molecule has 6 nitrogen and oxygen atoms in total. The lowest BCUT2D eigenvalue weighted by molar-refractivity contribution is -0.142. The second kappa shape index (κ2) is 7.68. The minimum atomic E-state index is -0.565. The van der Waals surface area contributed by atoms with Gasteiger partial charge in [0.25, 0.3) is 0 Å². The van der Waals surface area contributed by atoms with Gasteiger partial charge in [0.2, 0.25) is 11.8 Å². The van der Waals surface area contributed by atoms with Crippen molar-refractivity contribution in [1.29, 1.82) is 0 Å². The molecule has 0 fully saturated rings. The van der Waals surface area contributed by atoms with Gasteiger partial charge in [-0.3, -0.25) is 14.4 Å². The molecule has 0 aromatic rings. The molecule has 2 amide bonds. The molecule has 1 unspecified atom stereocenters. The molecule has 0 aromatic heterocycles. The van der Waals surface area contributed by atoms with E-state index in [1.165, 1.54) is 18.9 Å². The highest BCUT2D eigenvalue weighted by atomic mass is 16.5. The van der Waals surface area contributed by atoms with Gasteiger partial charge < -0.3 is 15.0 Å². The number of carbonyl (C=O) groups is 3. The number of ether oxygens (including phenoxy) is 1. The maximum Gasteiger partial charge on any atom is 0.307 e. The van der Waals surface area contributed by atoms with Crippen LogP contribution in [-0.2, 0) is 19.1 Å². The zero-order valence-corrected chi connectivity index (χ0v) is 11.6. The SMILES string of the molecule is COC(=O)CCN(C)C(=O)C(NC(C)=O)C(C)C. The summed E-state index contributed by atoms with van der Waals surface area (Å²) in [5.74, 6) is -0.829. The quantitative estimate of drug-likeness (QED) is 0.689. The van der Waals surface area contributed by atoms with Crippen LogP contribution < -0.4 is 5.32 Å². The lowest BCUT2D eigenvalue weighted by atomic mass is 10.0. The molecule has 104 valence electrons. The topological polar surface area (TPSA) is 75.7 Å². The van der Waals surface area contributed by atoms with Crippen molar-refractivity contribution in [3.63, 3.8) is 0 Å². The number of methoxy groups -OCH3 is 1. The van der Waals surface area contributed by atoms with E-state index in [1.807, 2.05) is 13.8 Å². The minimum Gasteiger partial charge on any atom is -0.469 e. The number of hydrogen-bond donors (Lipinski definition) is 1. The second-order valence-electron chi connectivity index (χ2n) is 4.51. The van der Waals surface area contributed by atoms with Gasteiger partial charge in [0.1, 0.15) is 6.04 Å². The fraction of sp³-hybridized carbons (Fsp3) is 0.750. The van der Waals surface area contributed by atoms with Crippen molar-refractivity contribution in [1.82, 2.24) is 10.2 Å². The van der Waals surface area contributed by atoms with Crippen LogP contribution >= 0.6 is 0 Å². The average Bonchev–Trinajstić information content (AvgIpc) is 2.30. The van der Waals surface area contributed by atoms with Gasteiger partial charge >= 0.3 is 5.97 Å². The van der Waals surface area contributed by atoms with Crippen LogP contribution in [0.1, 0.15) is 27.2 Å². The monoisotopic (exact) mass is 258 g/mol. The van der Waals surface area contributed by atoms with Crippen molar-refractivity contribution < 1.29 is 19.1 Å². The molecule has 18 heavy (non-hydrogen) atoms. The standard InChI is InChI=1S/C12H22N2O4/c1-8(2)11(13-9(3)15)12(17)14(4)7-6-10(16)18-5/h8,11H,6-7H2,1-5H3,(H,13,15). The number of amides is 2. The Labute approximate surface area is 108 Å². The summed E-state index contributed by atoms with van der Waals surface area (Å²) in [4.78, 5) is 35.5. The summed E-state index contributed by atoms with van der Waals surface area (Å²) in [7, 11) is 2.90. The first-order valence-electron chi connectivity index (χ1n) is 5.88. The van der Waals surface area contributed by atoms with E-state index in [0.717, 1.165) is 0 Å². The van der Waals surface area contributed by atoms with E-state index in [-0.39, 0.29) is 36.7 Å². The van der Waals surface area contributed by atoms with E-state index in [2.05, 4.69) is 10.1 Å². The Kier molecular flexibility index (Phi) is 7.00. The molecular formula is C12H22N2O4. The van der Waals surface area contributed by atoms with E-state index >= 15 is 0 Å². The number of carbonyl (C=O) groups excluding carboxylic acids is 3. The Balaban J connectivity index is 4.47. The zero-order valence-electron chi connectivity index (χ0n) is 11.6. The molecule has 0 saturated heterocycles. The molecule has 0 bridgehead atoms. The molecule has 0 heterocycles. The molecule has 0 aromatic carbocycles. The van der Waals surface area contributed by atoms with Crippen LogP contribution in [-0.4, -0.2) is 49.4 Å². The molecule has 0 aliphatic rings. The Hall–Kier alpha value is -1.59. The highest BCUT2D eigenvalue weighted by Crippen LogP contribution is 2.06. The first kappa shape index (κ1) is 16.4. The highest BCUT2D eigenvalue weighted by molar-refractivity contribution is 5.87. The Morgan fingerprint density at radius 1 is 1.28 bits per heavy atom. The third-order valence-electron chi connectivity index (χ3n) is 2.55. The summed E-state index contributed by atoms with van der Waals surface area (Å²) in [6, 6.07) is -0.565. The maximum absolute atomic E-state index is 12.1. The smallest absolute Gasteiger partial charge is 0.307 e. The molecule has 0 aliphatic carbocycles. The molecule has 6 heteroatoms. The van der Waals surface area contributed by atoms with Crippen molar-refractivity contribution >= 4 is 17.8 Å². The van der Waals surface area contributed by atoms with Crippen molar-refractivity contribution in [2.45, 2.75) is 33.2 Å². The summed E-state index contributed by atoms with van der Waals surface area (Å²) in [5.41, 5.74) is 0. The largest absolute Gasteiger partial charge is 0.469 e. The van der Waals surface area contributed by atoms with E-state index in [4.69, 9.17) is 0 Å². The maximum atomic E-state index is 12.1. The molecule has 1 N–H and O–H groups in total. The van der Waals surface area contributed by atoms with Gasteiger partial charge in [-0.25, -0.2) is 0 Å². The van der Waals surface area contributed by atoms with Crippen molar-refractivity contribution in [3.8, 4) is 0 Å². The molecule has 0 spiro atoms. The van der Waals surface area contributed by atoms with Crippen LogP contribution in [0.3, 0.4) is 0 Å². The third kappa shape index (κ3) is 5.65. The van der Waals surface area contributed by atoms with Crippen molar-refractivity contribution in [2.24, 2.45) is 5.92 Å². The van der Waals surface area contributed by atoms with Crippen LogP contribution in [0.4, 0.5) is 0 Å². The van der Waals surface area contributed by atoms with Gasteiger partial charge in [-0.1, -0.05) is 13.8 Å². The van der Waals surface area contributed by atoms with Crippen LogP contribution in [0.25, 0.3) is 0 Å². The predicted octanol–water partition coefficient (Wildman–Crippen LogP) is 0.169. The fourth-order valence-corrected chi connectivity index (χ4v) is 1.44. The molecule has 0 aliphatic heterocycles. The van der Waals surface area contributed by atoms with E-state index in [0.29, 0.717) is 0 Å².